The summed E-state index contributed by atoms with van der Waals surface area (Å²) in [5, 5.41) is 0.948. The summed E-state index contributed by atoms with van der Waals surface area (Å²) in [5.41, 5.74) is 2.58. The van der Waals surface area contributed by atoms with Crippen molar-refractivity contribution in [1.29, 1.82) is 0 Å². The van der Waals surface area contributed by atoms with Gasteiger partial charge in [0.1, 0.15) is 16.4 Å². The molecule has 136 valence electrons. The molecule has 0 aliphatic rings. The summed E-state index contributed by atoms with van der Waals surface area (Å²) < 4.78 is 6.14. The molecule has 0 saturated heterocycles. The van der Waals surface area contributed by atoms with Gasteiger partial charge in [-0.05, 0) is 41.7 Å². The zero-order valence-electron chi connectivity index (χ0n) is 16.0. The molecule has 2 aromatic carbocycles. The van der Waals surface area contributed by atoms with Gasteiger partial charge in [-0.1, -0.05) is 63.2 Å². The Morgan fingerprint density at radius 2 is 1.59 bits per heavy atom. The lowest BCUT2D eigenvalue weighted by Gasteiger charge is -2.19. The first kappa shape index (κ1) is 17.7. The van der Waals surface area contributed by atoms with Crippen molar-refractivity contribution in [1.82, 2.24) is 9.97 Å². The Bertz CT molecular complexity index is 1080. The molecule has 4 heteroatoms. The summed E-state index contributed by atoms with van der Waals surface area (Å²) in [4.78, 5) is 11.3. The smallest absolute Gasteiger partial charge is 0.231 e. The van der Waals surface area contributed by atoms with Gasteiger partial charge in [0.2, 0.25) is 5.88 Å². The number of thiophene rings is 1. The molecule has 3 nitrogen and oxygen atoms in total. The summed E-state index contributed by atoms with van der Waals surface area (Å²) in [5.74, 6) is 2.11. The van der Waals surface area contributed by atoms with Crippen molar-refractivity contribution >= 4 is 21.6 Å². The van der Waals surface area contributed by atoms with Gasteiger partial charge in [-0.3, -0.25) is 0 Å². The van der Waals surface area contributed by atoms with Crippen molar-refractivity contribution < 1.29 is 4.74 Å². The molecule has 0 atom stereocenters. The highest BCUT2D eigenvalue weighted by molar-refractivity contribution is 7.21. The van der Waals surface area contributed by atoms with E-state index in [9.17, 15) is 0 Å². The molecule has 0 unspecified atom stereocenters. The minimum Gasteiger partial charge on any atom is -0.438 e. The first-order chi connectivity index (χ1) is 12.9. The normalized spacial score (nSPS) is 11.7. The van der Waals surface area contributed by atoms with Crippen LogP contribution in [0.2, 0.25) is 0 Å². The van der Waals surface area contributed by atoms with Crippen LogP contribution in [0.4, 0.5) is 0 Å². The van der Waals surface area contributed by atoms with E-state index < -0.39 is 0 Å². The van der Waals surface area contributed by atoms with E-state index in [0.29, 0.717) is 11.7 Å². The van der Waals surface area contributed by atoms with E-state index in [4.69, 9.17) is 4.74 Å². The topological polar surface area (TPSA) is 35.0 Å². The van der Waals surface area contributed by atoms with Gasteiger partial charge in [-0.15, -0.1) is 11.3 Å². The van der Waals surface area contributed by atoms with Gasteiger partial charge in [-0.2, -0.15) is 4.98 Å². The van der Waals surface area contributed by atoms with Crippen molar-refractivity contribution in [3.63, 3.8) is 0 Å². The number of hydrogen-bond acceptors (Lipinski definition) is 4. The van der Waals surface area contributed by atoms with E-state index in [1.54, 1.807) is 11.3 Å². The van der Waals surface area contributed by atoms with Crippen LogP contribution in [0.15, 0.2) is 60.7 Å². The third-order valence-corrected chi connectivity index (χ3v) is 5.54. The van der Waals surface area contributed by atoms with Gasteiger partial charge in [0, 0.05) is 4.88 Å². The molecule has 0 aliphatic carbocycles. The van der Waals surface area contributed by atoms with Gasteiger partial charge in [0.15, 0.2) is 0 Å². The summed E-state index contributed by atoms with van der Waals surface area (Å²) in [6.45, 7) is 8.51. The molecule has 0 radical (unpaired) electrons. The van der Waals surface area contributed by atoms with Crippen LogP contribution < -0.4 is 4.74 Å². The highest BCUT2D eigenvalue weighted by Gasteiger charge is 2.15. The second kappa shape index (κ2) is 6.78. The van der Waals surface area contributed by atoms with Gasteiger partial charge < -0.3 is 4.74 Å². The molecule has 0 bridgehead atoms. The first-order valence-corrected chi connectivity index (χ1v) is 9.84. The Labute approximate surface area is 163 Å². The predicted molar refractivity (Wildman–Crippen MR) is 113 cm³/mol. The number of nitrogens with zero attached hydrogens (tertiary/aromatic N) is 2. The van der Waals surface area contributed by atoms with E-state index in [1.165, 1.54) is 16.0 Å². The molecule has 4 rings (SSSR count). The van der Waals surface area contributed by atoms with Crippen LogP contribution in [0.1, 0.15) is 32.2 Å². The number of rotatable bonds is 3. The molecule has 0 aliphatic heterocycles. The van der Waals surface area contributed by atoms with Crippen LogP contribution >= 0.6 is 11.3 Å². The maximum absolute atomic E-state index is 6.14. The van der Waals surface area contributed by atoms with Crippen molar-refractivity contribution in [2.24, 2.45) is 0 Å². The summed E-state index contributed by atoms with van der Waals surface area (Å²) >= 11 is 1.66. The number of aryl methyl sites for hydroxylation is 1. The third kappa shape index (κ3) is 3.71. The van der Waals surface area contributed by atoms with Gasteiger partial charge >= 0.3 is 0 Å². The van der Waals surface area contributed by atoms with E-state index in [0.717, 1.165) is 16.0 Å². The van der Waals surface area contributed by atoms with Crippen molar-refractivity contribution in [2.45, 2.75) is 33.1 Å². The quantitative estimate of drug-likeness (QED) is 0.397. The van der Waals surface area contributed by atoms with Crippen LogP contribution in [0.5, 0.6) is 11.6 Å². The summed E-state index contributed by atoms with van der Waals surface area (Å²) in [6.07, 6.45) is 0. The minimum absolute atomic E-state index is 0.120. The first-order valence-electron chi connectivity index (χ1n) is 9.02. The van der Waals surface area contributed by atoms with Crippen molar-refractivity contribution in [3.05, 3.63) is 72.1 Å². The molecular formula is C23H22N2OS. The summed E-state index contributed by atoms with van der Waals surface area (Å²) in [6, 6.07) is 20.7. The van der Waals surface area contributed by atoms with Crippen molar-refractivity contribution in [2.75, 3.05) is 0 Å². The van der Waals surface area contributed by atoms with Crippen LogP contribution in [-0.4, -0.2) is 9.97 Å². The Hall–Kier alpha value is -2.72. The zero-order chi connectivity index (χ0) is 19.0. The third-order valence-electron chi connectivity index (χ3n) is 4.46. The Kier molecular flexibility index (Phi) is 4.44. The second-order valence-corrected chi connectivity index (χ2v) is 8.68. The van der Waals surface area contributed by atoms with Gasteiger partial charge in [0.25, 0.3) is 0 Å². The molecule has 0 amide bonds. The Balaban J connectivity index is 1.72. The summed E-state index contributed by atoms with van der Waals surface area (Å²) in [7, 11) is 0. The maximum Gasteiger partial charge on any atom is 0.231 e. The molecule has 0 N–H and O–H groups in total. The van der Waals surface area contributed by atoms with E-state index in [2.05, 4.69) is 61.1 Å². The Morgan fingerprint density at radius 3 is 2.26 bits per heavy atom. The predicted octanol–water partition coefficient (Wildman–Crippen LogP) is 6.76. The Morgan fingerprint density at radius 1 is 0.889 bits per heavy atom. The molecule has 27 heavy (non-hydrogen) atoms. The monoisotopic (exact) mass is 374 g/mol. The molecule has 2 heterocycles. The van der Waals surface area contributed by atoms with Crippen LogP contribution in [0.25, 0.3) is 20.7 Å². The van der Waals surface area contributed by atoms with Gasteiger partial charge in [-0.25, -0.2) is 4.98 Å². The fraction of sp³-hybridized carbons (Fsp3) is 0.217. The second-order valence-electron chi connectivity index (χ2n) is 7.65. The minimum atomic E-state index is 0.120. The molecule has 0 spiro atoms. The van der Waals surface area contributed by atoms with E-state index >= 15 is 0 Å². The number of fused-ring (bicyclic) bond motifs is 1. The number of ether oxygens (including phenoxy) is 1. The fourth-order valence-electron chi connectivity index (χ4n) is 2.95. The average Bonchev–Trinajstić information content (AvgIpc) is 3.06. The average molecular weight is 375 g/mol. The van der Waals surface area contributed by atoms with E-state index in [-0.39, 0.29) is 5.41 Å². The van der Waals surface area contributed by atoms with Crippen LogP contribution in [0, 0.1) is 6.92 Å². The number of aromatic nitrogens is 2. The molecular weight excluding hydrogens is 352 g/mol. The molecule has 4 aromatic rings. The van der Waals surface area contributed by atoms with Crippen molar-refractivity contribution in [3.8, 4) is 22.1 Å². The molecule has 2 aromatic heterocycles. The molecule has 0 saturated carbocycles. The lowest BCUT2D eigenvalue weighted by atomic mass is 9.87. The zero-order valence-corrected chi connectivity index (χ0v) is 16.8. The fourth-order valence-corrected chi connectivity index (χ4v) is 4.03. The van der Waals surface area contributed by atoms with Crippen LogP contribution in [-0.2, 0) is 5.41 Å². The van der Waals surface area contributed by atoms with Crippen LogP contribution in [0.3, 0.4) is 0 Å². The maximum atomic E-state index is 6.14. The lowest BCUT2D eigenvalue weighted by Crippen LogP contribution is -2.10. The standard InChI is InChI=1S/C23H22N2OS/c1-15-24-21(26-18-12-10-17(11-13-18)23(2,3)4)19-14-20(27-22(19)25-15)16-8-6-5-7-9-16/h5-14H,1-4H3. The SMILES string of the molecule is Cc1nc(Oc2ccc(C(C)(C)C)cc2)c2cc(-c3ccccc3)sc2n1. The van der Waals surface area contributed by atoms with Gasteiger partial charge in [0.05, 0.1) is 5.39 Å². The molecule has 0 fully saturated rings. The number of benzene rings is 2. The largest absolute Gasteiger partial charge is 0.438 e. The lowest BCUT2D eigenvalue weighted by molar-refractivity contribution is 0.466. The van der Waals surface area contributed by atoms with E-state index in [1.807, 2.05) is 37.3 Å². The number of hydrogen-bond donors (Lipinski definition) is 0. The highest BCUT2D eigenvalue weighted by Crippen LogP contribution is 2.37. The highest BCUT2D eigenvalue weighted by atomic mass is 32.1.